The molecule has 0 fully saturated rings. The number of aryl methyl sites for hydroxylation is 1. The standard InChI is InChI=1S/C21H24N4O/c22-14-16-11-13-25(19-8-3-1-6-17(16)19)21(26)10-5-12-24-15-23-18-7-2-4-9-20(18)24/h1-4,6-9,15-16H,5,10-14,22H2. The number of aromatic nitrogens is 2. The predicted octanol–water partition coefficient (Wildman–Crippen LogP) is 3.30. The van der Waals surface area contributed by atoms with Gasteiger partial charge in [-0.25, -0.2) is 4.98 Å². The van der Waals surface area contributed by atoms with Gasteiger partial charge < -0.3 is 15.2 Å². The number of hydrogen-bond donors (Lipinski definition) is 1. The van der Waals surface area contributed by atoms with Crippen molar-refractivity contribution in [3.8, 4) is 0 Å². The first-order valence-corrected chi connectivity index (χ1v) is 9.27. The van der Waals surface area contributed by atoms with Gasteiger partial charge in [-0.2, -0.15) is 0 Å². The maximum absolute atomic E-state index is 12.8. The Bertz CT molecular complexity index is 917. The summed E-state index contributed by atoms with van der Waals surface area (Å²) < 4.78 is 2.12. The summed E-state index contributed by atoms with van der Waals surface area (Å²) in [5.74, 6) is 0.546. The molecule has 0 saturated heterocycles. The Morgan fingerprint density at radius 2 is 1.96 bits per heavy atom. The molecule has 26 heavy (non-hydrogen) atoms. The largest absolute Gasteiger partial charge is 0.331 e. The summed E-state index contributed by atoms with van der Waals surface area (Å²) in [5, 5.41) is 0. The first kappa shape index (κ1) is 16.8. The molecule has 0 saturated carbocycles. The molecule has 1 aliphatic heterocycles. The Morgan fingerprint density at radius 3 is 2.85 bits per heavy atom. The van der Waals surface area contributed by atoms with E-state index in [1.54, 1.807) is 0 Å². The number of nitrogens with two attached hydrogens (primary N) is 1. The van der Waals surface area contributed by atoms with Gasteiger partial charge in [0.25, 0.3) is 0 Å². The van der Waals surface area contributed by atoms with Crippen LogP contribution in [0.5, 0.6) is 0 Å². The van der Waals surface area contributed by atoms with Crippen molar-refractivity contribution in [1.29, 1.82) is 0 Å². The van der Waals surface area contributed by atoms with Gasteiger partial charge >= 0.3 is 0 Å². The summed E-state index contributed by atoms with van der Waals surface area (Å²) in [5.41, 5.74) is 10.3. The fourth-order valence-corrected chi connectivity index (χ4v) is 3.87. The number of fused-ring (bicyclic) bond motifs is 2. The maximum atomic E-state index is 12.8. The van der Waals surface area contributed by atoms with Crippen LogP contribution >= 0.6 is 0 Å². The number of carbonyl (C=O) groups excluding carboxylic acids is 1. The minimum absolute atomic E-state index is 0.192. The van der Waals surface area contributed by atoms with E-state index < -0.39 is 0 Å². The Morgan fingerprint density at radius 1 is 1.15 bits per heavy atom. The van der Waals surface area contributed by atoms with E-state index in [-0.39, 0.29) is 5.91 Å². The first-order valence-electron chi connectivity index (χ1n) is 9.27. The average molecular weight is 348 g/mol. The molecule has 134 valence electrons. The third-order valence-corrected chi connectivity index (χ3v) is 5.27. The number of benzene rings is 2. The van der Waals surface area contributed by atoms with E-state index in [4.69, 9.17) is 5.73 Å². The summed E-state index contributed by atoms with van der Waals surface area (Å²) in [6, 6.07) is 16.3. The van der Waals surface area contributed by atoms with Gasteiger partial charge in [0, 0.05) is 25.2 Å². The molecule has 4 rings (SSSR count). The molecular formula is C21H24N4O. The van der Waals surface area contributed by atoms with Gasteiger partial charge in [0.05, 0.1) is 17.4 Å². The zero-order valence-electron chi connectivity index (χ0n) is 14.8. The van der Waals surface area contributed by atoms with Gasteiger partial charge in [0.1, 0.15) is 0 Å². The summed E-state index contributed by atoms with van der Waals surface area (Å²) in [6.07, 6.45) is 4.13. The third-order valence-electron chi connectivity index (χ3n) is 5.27. The zero-order valence-corrected chi connectivity index (χ0v) is 14.8. The van der Waals surface area contributed by atoms with E-state index in [0.717, 1.165) is 42.7 Å². The second kappa shape index (κ2) is 7.30. The number of hydrogen-bond acceptors (Lipinski definition) is 3. The first-order chi connectivity index (χ1) is 12.8. The molecule has 1 atom stereocenters. The lowest BCUT2D eigenvalue weighted by atomic mass is 9.90. The molecule has 5 heteroatoms. The fraction of sp³-hybridized carbons (Fsp3) is 0.333. The molecule has 1 unspecified atom stereocenters. The van der Waals surface area contributed by atoms with Crippen LogP contribution in [0, 0.1) is 0 Å². The zero-order chi connectivity index (χ0) is 17.9. The molecule has 3 aromatic rings. The van der Waals surface area contributed by atoms with Crippen LogP contribution in [0.2, 0.25) is 0 Å². The highest BCUT2D eigenvalue weighted by atomic mass is 16.2. The maximum Gasteiger partial charge on any atom is 0.227 e. The second-order valence-corrected chi connectivity index (χ2v) is 6.86. The number of amides is 1. The predicted molar refractivity (Wildman–Crippen MR) is 104 cm³/mol. The van der Waals surface area contributed by atoms with Crippen LogP contribution in [0.4, 0.5) is 5.69 Å². The van der Waals surface area contributed by atoms with Crippen molar-refractivity contribution < 1.29 is 4.79 Å². The average Bonchev–Trinajstić information content (AvgIpc) is 3.10. The highest BCUT2D eigenvalue weighted by Gasteiger charge is 2.27. The Kier molecular flexibility index (Phi) is 4.71. The molecule has 0 aliphatic carbocycles. The van der Waals surface area contributed by atoms with E-state index in [0.29, 0.717) is 18.9 Å². The van der Waals surface area contributed by atoms with Crippen LogP contribution in [0.25, 0.3) is 11.0 Å². The number of anilines is 1. The highest BCUT2D eigenvalue weighted by molar-refractivity contribution is 5.94. The third kappa shape index (κ3) is 3.10. The van der Waals surface area contributed by atoms with Gasteiger partial charge in [-0.15, -0.1) is 0 Å². The van der Waals surface area contributed by atoms with Crippen molar-refractivity contribution in [2.24, 2.45) is 5.73 Å². The Balaban J connectivity index is 1.42. The minimum Gasteiger partial charge on any atom is -0.331 e. The summed E-state index contributed by atoms with van der Waals surface area (Å²) >= 11 is 0. The molecule has 5 nitrogen and oxygen atoms in total. The molecule has 1 aromatic heterocycles. The van der Waals surface area contributed by atoms with Crippen LogP contribution in [0.3, 0.4) is 0 Å². The smallest absolute Gasteiger partial charge is 0.227 e. The number of para-hydroxylation sites is 3. The van der Waals surface area contributed by atoms with Crippen LogP contribution in [-0.2, 0) is 11.3 Å². The van der Waals surface area contributed by atoms with E-state index >= 15 is 0 Å². The lowest BCUT2D eigenvalue weighted by Crippen LogP contribution is -2.38. The quantitative estimate of drug-likeness (QED) is 0.769. The van der Waals surface area contributed by atoms with Gasteiger partial charge in [0.2, 0.25) is 5.91 Å². The van der Waals surface area contributed by atoms with Crippen LogP contribution in [0.1, 0.15) is 30.7 Å². The highest BCUT2D eigenvalue weighted by Crippen LogP contribution is 2.34. The number of imidazole rings is 1. The Labute approximate surface area is 153 Å². The monoisotopic (exact) mass is 348 g/mol. The van der Waals surface area contributed by atoms with Crippen molar-refractivity contribution in [1.82, 2.24) is 9.55 Å². The van der Waals surface area contributed by atoms with Crippen molar-refractivity contribution >= 4 is 22.6 Å². The van der Waals surface area contributed by atoms with Crippen LogP contribution in [0.15, 0.2) is 54.9 Å². The fourth-order valence-electron chi connectivity index (χ4n) is 3.87. The Hall–Kier alpha value is -2.66. The topological polar surface area (TPSA) is 64.2 Å². The van der Waals surface area contributed by atoms with E-state index in [2.05, 4.69) is 21.7 Å². The minimum atomic E-state index is 0.192. The number of rotatable bonds is 5. The van der Waals surface area contributed by atoms with E-state index in [1.165, 1.54) is 5.56 Å². The number of carbonyl (C=O) groups is 1. The van der Waals surface area contributed by atoms with Gasteiger partial charge in [-0.3, -0.25) is 4.79 Å². The van der Waals surface area contributed by atoms with Gasteiger partial charge in [0.15, 0.2) is 0 Å². The summed E-state index contributed by atoms with van der Waals surface area (Å²) in [6.45, 7) is 2.19. The summed E-state index contributed by atoms with van der Waals surface area (Å²) in [4.78, 5) is 19.2. The van der Waals surface area contributed by atoms with Crippen molar-refractivity contribution in [3.63, 3.8) is 0 Å². The van der Waals surface area contributed by atoms with Crippen LogP contribution in [-0.4, -0.2) is 28.5 Å². The molecule has 2 N–H and O–H groups in total. The molecule has 0 radical (unpaired) electrons. The molecule has 1 aliphatic rings. The van der Waals surface area contributed by atoms with Crippen LogP contribution < -0.4 is 10.6 Å². The second-order valence-electron chi connectivity index (χ2n) is 6.86. The lowest BCUT2D eigenvalue weighted by molar-refractivity contribution is -0.118. The molecule has 2 heterocycles. The lowest BCUT2D eigenvalue weighted by Gasteiger charge is -2.34. The van der Waals surface area contributed by atoms with E-state index in [9.17, 15) is 4.79 Å². The molecule has 0 spiro atoms. The summed E-state index contributed by atoms with van der Waals surface area (Å²) in [7, 11) is 0. The normalized spacial score (nSPS) is 16.7. The molecule has 0 bridgehead atoms. The van der Waals surface area contributed by atoms with Crippen molar-refractivity contribution in [2.45, 2.75) is 31.7 Å². The van der Waals surface area contributed by atoms with E-state index in [1.807, 2.05) is 47.6 Å². The van der Waals surface area contributed by atoms with Crippen molar-refractivity contribution in [3.05, 3.63) is 60.4 Å². The molecule has 2 aromatic carbocycles. The SMILES string of the molecule is NCC1CCN(C(=O)CCCn2cnc3ccccc32)c2ccccc21. The van der Waals surface area contributed by atoms with Gasteiger partial charge in [-0.1, -0.05) is 30.3 Å². The van der Waals surface area contributed by atoms with Gasteiger partial charge in [-0.05, 0) is 49.1 Å². The molecular weight excluding hydrogens is 324 g/mol. The number of nitrogens with zero attached hydrogens (tertiary/aromatic N) is 3. The molecule has 1 amide bonds. The van der Waals surface area contributed by atoms with Crippen molar-refractivity contribution in [2.75, 3.05) is 18.0 Å².